The zero-order chi connectivity index (χ0) is 24.4. The highest BCUT2D eigenvalue weighted by atomic mass is 19.1. The van der Waals surface area contributed by atoms with Gasteiger partial charge in [0.1, 0.15) is 5.82 Å². The molecule has 2 aromatic carbocycles. The number of pyridine rings is 1. The van der Waals surface area contributed by atoms with E-state index in [0.29, 0.717) is 24.7 Å². The fraction of sp³-hybridized carbons (Fsp3) is 0.407. The van der Waals surface area contributed by atoms with E-state index in [9.17, 15) is 9.18 Å². The molecule has 0 saturated heterocycles. The van der Waals surface area contributed by atoms with Crippen LogP contribution in [-0.2, 0) is 13.1 Å². The molecule has 1 saturated carbocycles. The SMILES string of the molecule is CCC(c1nnnn1C1CCCC1)N(Cc1ccc(F)cc1)Cc1cc2ccc(C)cc2[nH]c1=O. The predicted molar refractivity (Wildman–Crippen MR) is 133 cm³/mol. The summed E-state index contributed by atoms with van der Waals surface area (Å²) in [5.74, 6) is 0.563. The summed E-state index contributed by atoms with van der Waals surface area (Å²) in [5.41, 5.74) is 3.49. The van der Waals surface area contributed by atoms with E-state index >= 15 is 0 Å². The molecule has 4 aromatic rings. The van der Waals surface area contributed by atoms with Crippen LogP contribution in [0, 0.1) is 12.7 Å². The number of nitrogens with one attached hydrogen (secondary N) is 1. The Morgan fingerprint density at radius 1 is 1.11 bits per heavy atom. The molecule has 2 heterocycles. The van der Waals surface area contributed by atoms with Crippen molar-refractivity contribution in [1.29, 1.82) is 0 Å². The van der Waals surface area contributed by atoms with E-state index in [1.165, 1.54) is 25.0 Å². The largest absolute Gasteiger partial charge is 0.322 e. The number of aromatic nitrogens is 5. The van der Waals surface area contributed by atoms with Crippen LogP contribution in [0.1, 0.15) is 73.6 Å². The lowest BCUT2D eigenvalue weighted by Crippen LogP contribution is -2.32. The smallest absolute Gasteiger partial charge is 0.252 e. The van der Waals surface area contributed by atoms with Gasteiger partial charge in [0, 0.05) is 24.2 Å². The number of benzene rings is 2. The Kier molecular flexibility index (Phi) is 6.72. The molecule has 5 rings (SSSR count). The van der Waals surface area contributed by atoms with Gasteiger partial charge < -0.3 is 4.98 Å². The zero-order valence-electron chi connectivity index (χ0n) is 20.2. The van der Waals surface area contributed by atoms with Gasteiger partial charge in [-0.25, -0.2) is 9.07 Å². The maximum Gasteiger partial charge on any atom is 0.252 e. The molecule has 1 N–H and O–H groups in total. The highest BCUT2D eigenvalue weighted by molar-refractivity contribution is 5.79. The van der Waals surface area contributed by atoms with Crippen LogP contribution in [-0.4, -0.2) is 30.1 Å². The van der Waals surface area contributed by atoms with Gasteiger partial charge in [0.15, 0.2) is 5.82 Å². The second kappa shape index (κ2) is 10.1. The summed E-state index contributed by atoms with van der Waals surface area (Å²) >= 11 is 0. The zero-order valence-corrected chi connectivity index (χ0v) is 20.2. The van der Waals surface area contributed by atoms with Crippen LogP contribution >= 0.6 is 0 Å². The van der Waals surface area contributed by atoms with Crippen LogP contribution in [0.15, 0.2) is 53.3 Å². The van der Waals surface area contributed by atoms with Gasteiger partial charge >= 0.3 is 0 Å². The van der Waals surface area contributed by atoms with Crippen LogP contribution in [0.5, 0.6) is 0 Å². The highest BCUT2D eigenvalue weighted by Gasteiger charge is 2.29. The lowest BCUT2D eigenvalue weighted by atomic mass is 10.1. The molecule has 0 aliphatic heterocycles. The summed E-state index contributed by atoms with van der Waals surface area (Å²) in [6.07, 6.45) is 5.31. The second-order valence-electron chi connectivity index (χ2n) is 9.59. The Morgan fingerprint density at radius 2 is 1.89 bits per heavy atom. The third-order valence-corrected chi connectivity index (χ3v) is 7.07. The minimum absolute atomic E-state index is 0.0937. The van der Waals surface area contributed by atoms with E-state index in [1.54, 1.807) is 12.1 Å². The van der Waals surface area contributed by atoms with E-state index in [-0.39, 0.29) is 17.4 Å². The predicted octanol–water partition coefficient (Wildman–Crippen LogP) is 5.23. The molecule has 1 fully saturated rings. The maximum atomic E-state index is 13.6. The number of aromatic amines is 1. The van der Waals surface area contributed by atoms with E-state index in [1.807, 2.05) is 35.9 Å². The number of rotatable bonds is 8. The average Bonchev–Trinajstić information content (AvgIpc) is 3.54. The number of fused-ring (bicyclic) bond motifs is 1. The first-order valence-electron chi connectivity index (χ1n) is 12.4. The Balaban J connectivity index is 1.53. The van der Waals surface area contributed by atoms with E-state index in [0.717, 1.165) is 47.1 Å². The van der Waals surface area contributed by atoms with Crippen molar-refractivity contribution in [2.75, 3.05) is 0 Å². The van der Waals surface area contributed by atoms with Crippen LogP contribution < -0.4 is 5.56 Å². The lowest BCUT2D eigenvalue weighted by Gasteiger charge is -2.31. The van der Waals surface area contributed by atoms with Crippen LogP contribution in [0.2, 0.25) is 0 Å². The summed E-state index contributed by atoms with van der Waals surface area (Å²) in [4.78, 5) is 18.4. The van der Waals surface area contributed by atoms with Gasteiger partial charge in [-0.15, -0.1) is 5.10 Å². The Morgan fingerprint density at radius 3 is 2.63 bits per heavy atom. The Labute approximate surface area is 204 Å². The van der Waals surface area contributed by atoms with Crippen molar-refractivity contribution < 1.29 is 4.39 Å². The normalized spacial score (nSPS) is 15.3. The van der Waals surface area contributed by atoms with Gasteiger partial charge in [-0.2, -0.15) is 0 Å². The highest BCUT2D eigenvalue weighted by Crippen LogP contribution is 2.33. The Bertz CT molecular complexity index is 1360. The Hall–Kier alpha value is -3.39. The van der Waals surface area contributed by atoms with Gasteiger partial charge in [0.25, 0.3) is 5.56 Å². The fourth-order valence-corrected chi connectivity index (χ4v) is 5.23. The summed E-state index contributed by atoms with van der Waals surface area (Å²) in [5, 5.41) is 13.8. The molecule has 8 heteroatoms. The molecule has 1 unspecified atom stereocenters. The van der Waals surface area contributed by atoms with Crippen molar-refractivity contribution in [3.8, 4) is 0 Å². The molecule has 35 heavy (non-hydrogen) atoms. The third kappa shape index (κ3) is 5.03. The number of tetrazole rings is 1. The standard InChI is InChI=1S/C27H31FN6O/c1-3-25(26-30-31-32-34(26)23-6-4-5-7-23)33(16-19-9-12-22(28)13-10-19)17-21-15-20-11-8-18(2)14-24(20)29-27(21)35/h8-15,23,25H,3-7,16-17H2,1-2H3,(H,29,35). The first-order chi connectivity index (χ1) is 17.0. The summed E-state index contributed by atoms with van der Waals surface area (Å²) in [6.45, 7) is 5.09. The number of halogens is 1. The van der Waals surface area contributed by atoms with Crippen LogP contribution in [0.3, 0.4) is 0 Å². The van der Waals surface area contributed by atoms with Crippen molar-refractivity contribution in [2.45, 2.75) is 71.1 Å². The van der Waals surface area contributed by atoms with Gasteiger partial charge in [-0.3, -0.25) is 9.69 Å². The number of aryl methyl sites for hydroxylation is 1. The maximum absolute atomic E-state index is 13.6. The van der Waals surface area contributed by atoms with Crippen LogP contribution in [0.25, 0.3) is 10.9 Å². The molecule has 7 nitrogen and oxygen atoms in total. The second-order valence-corrected chi connectivity index (χ2v) is 9.59. The number of hydrogen-bond donors (Lipinski definition) is 1. The number of hydrogen-bond acceptors (Lipinski definition) is 5. The monoisotopic (exact) mass is 474 g/mol. The molecule has 1 atom stereocenters. The van der Waals surface area contributed by atoms with Gasteiger partial charge in [-0.1, -0.05) is 44.0 Å². The minimum atomic E-state index is -0.265. The number of nitrogens with zero attached hydrogens (tertiary/aromatic N) is 5. The first kappa shape index (κ1) is 23.4. The molecular weight excluding hydrogens is 443 g/mol. The molecule has 0 spiro atoms. The van der Waals surface area contributed by atoms with Gasteiger partial charge in [0.05, 0.1) is 12.1 Å². The third-order valence-electron chi connectivity index (χ3n) is 7.07. The summed E-state index contributed by atoms with van der Waals surface area (Å²) < 4.78 is 15.6. The quantitative estimate of drug-likeness (QED) is 0.378. The van der Waals surface area contributed by atoms with Crippen LogP contribution in [0.4, 0.5) is 4.39 Å². The van der Waals surface area contributed by atoms with Crippen molar-refractivity contribution >= 4 is 10.9 Å². The molecule has 2 aromatic heterocycles. The molecule has 1 aliphatic carbocycles. The average molecular weight is 475 g/mol. The molecule has 0 amide bonds. The van der Waals surface area contributed by atoms with E-state index in [2.05, 4.69) is 32.3 Å². The number of H-pyrrole nitrogens is 1. The molecule has 1 aliphatic rings. The topological polar surface area (TPSA) is 79.7 Å². The van der Waals surface area contributed by atoms with E-state index < -0.39 is 0 Å². The molecule has 0 radical (unpaired) electrons. The molecule has 182 valence electrons. The first-order valence-corrected chi connectivity index (χ1v) is 12.4. The fourth-order valence-electron chi connectivity index (χ4n) is 5.23. The molecular formula is C27H31FN6O. The summed E-state index contributed by atoms with van der Waals surface area (Å²) in [6, 6.07) is 14.8. The van der Waals surface area contributed by atoms with Gasteiger partial charge in [-0.05, 0) is 77.4 Å². The van der Waals surface area contributed by atoms with Crippen molar-refractivity contribution in [3.05, 3.63) is 87.2 Å². The van der Waals surface area contributed by atoms with Crippen molar-refractivity contribution in [2.24, 2.45) is 0 Å². The van der Waals surface area contributed by atoms with Crippen molar-refractivity contribution in [3.63, 3.8) is 0 Å². The van der Waals surface area contributed by atoms with E-state index in [4.69, 9.17) is 0 Å². The molecule has 0 bridgehead atoms. The minimum Gasteiger partial charge on any atom is -0.322 e. The van der Waals surface area contributed by atoms with Crippen molar-refractivity contribution in [1.82, 2.24) is 30.1 Å². The van der Waals surface area contributed by atoms with Gasteiger partial charge in [0.2, 0.25) is 0 Å². The lowest BCUT2D eigenvalue weighted by molar-refractivity contribution is 0.158. The summed E-state index contributed by atoms with van der Waals surface area (Å²) in [7, 11) is 0.